The summed E-state index contributed by atoms with van der Waals surface area (Å²) in [5.74, 6) is 2.20. The molecule has 6 nitrogen and oxygen atoms in total. The molecule has 1 saturated carbocycles. The van der Waals surface area contributed by atoms with Crippen molar-refractivity contribution in [2.75, 3.05) is 24.6 Å². The molecule has 4 rings (SSSR count). The predicted molar refractivity (Wildman–Crippen MR) is 95.9 cm³/mol. The molecule has 0 bridgehead atoms. The molecule has 1 saturated heterocycles. The summed E-state index contributed by atoms with van der Waals surface area (Å²) < 4.78 is 19.7. The molecule has 138 valence electrons. The zero-order valence-corrected chi connectivity index (χ0v) is 15.3. The van der Waals surface area contributed by atoms with Crippen LogP contribution < -0.4 is 9.64 Å². The van der Waals surface area contributed by atoms with Gasteiger partial charge in [-0.25, -0.2) is 15.0 Å². The van der Waals surface area contributed by atoms with Crippen molar-refractivity contribution in [2.24, 2.45) is 5.92 Å². The number of nitrogens with zero attached hydrogens (tertiary/aromatic N) is 5. The van der Waals surface area contributed by atoms with Crippen molar-refractivity contribution in [3.63, 3.8) is 0 Å². The molecule has 1 aliphatic heterocycles. The molecular formula is C19H24FN5O. The SMILES string of the molecule is Cc1nc(C)c(F)c(OCC2CCN(c3cc(C4CC4)ncn3)CC2)n1. The van der Waals surface area contributed by atoms with Crippen LogP contribution in [0, 0.1) is 25.6 Å². The largest absolute Gasteiger partial charge is 0.475 e. The maximum absolute atomic E-state index is 14.1. The number of anilines is 1. The van der Waals surface area contributed by atoms with Crippen LogP contribution >= 0.6 is 0 Å². The van der Waals surface area contributed by atoms with Gasteiger partial charge in [-0.15, -0.1) is 0 Å². The van der Waals surface area contributed by atoms with Crippen LogP contribution in [0.3, 0.4) is 0 Å². The maximum atomic E-state index is 14.1. The molecule has 0 amide bonds. The maximum Gasteiger partial charge on any atom is 0.254 e. The third-order valence-electron chi connectivity index (χ3n) is 5.16. The van der Waals surface area contributed by atoms with Crippen LogP contribution in [0.4, 0.5) is 10.2 Å². The number of aromatic nitrogens is 4. The quantitative estimate of drug-likeness (QED) is 0.819. The van der Waals surface area contributed by atoms with Gasteiger partial charge in [-0.05, 0) is 45.4 Å². The fourth-order valence-corrected chi connectivity index (χ4v) is 3.43. The number of ether oxygens (including phenoxy) is 1. The van der Waals surface area contributed by atoms with Crippen LogP contribution in [0.2, 0.25) is 0 Å². The molecule has 0 spiro atoms. The summed E-state index contributed by atoms with van der Waals surface area (Å²) in [5, 5.41) is 0. The lowest BCUT2D eigenvalue weighted by atomic mass is 9.98. The van der Waals surface area contributed by atoms with Crippen LogP contribution in [0.15, 0.2) is 12.4 Å². The van der Waals surface area contributed by atoms with Crippen LogP contribution in [0.5, 0.6) is 5.88 Å². The van der Waals surface area contributed by atoms with Gasteiger partial charge in [-0.1, -0.05) is 0 Å². The monoisotopic (exact) mass is 357 g/mol. The van der Waals surface area contributed by atoms with Gasteiger partial charge in [-0.2, -0.15) is 9.37 Å². The van der Waals surface area contributed by atoms with Crippen LogP contribution in [-0.4, -0.2) is 39.6 Å². The summed E-state index contributed by atoms with van der Waals surface area (Å²) in [5.41, 5.74) is 1.50. The number of rotatable bonds is 5. The molecule has 0 radical (unpaired) electrons. The van der Waals surface area contributed by atoms with Gasteiger partial charge < -0.3 is 9.64 Å². The Morgan fingerprint density at radius 1 is 1.12 bits per heavy atom. The molecular weight excluding hydrogens is 333 g/mol. The Labute approximate surface area is 152 Å². The first-order valence-electron chi connectivity index (χ1n) is 9.30. The van der Waals surface area contributed by atoms with Gasteiger partial charge >= 0.3 is 0 Å². The van der Waals surface area contributed by atoms with E-state index < -0.39 is 5.82 Å². The Kier molecular flexibility index (Phi) is 4.70. The van der Waals surface area contributed by atoms with E-state index in [1.165, 1.54) is 18.5 Å². The summed E-state index contributed by atoms with van der Waals surface area (Å²) in [6, 6.07) is 2.14. The second-order valence-electron chi connectivity index (χ2n) is 7.29. The average Bonchev–Trinajstić information content (AvgIpc) is 3.49. The van der Waals surface area contributed by atoms with Crippen molar-refractivity contribution < 1.29 is 9.13 Å². The first-order chi connectivity index (χ1) is 12.6. The molecule has 0 unspecified atom stereocenters. The highest BCUT2D eigenvalue weighted by atomic mass is 19.1. The average molecular weight is 357 g/mol. The first-order valence-corrected chi connectivity index (χ1v) is 9.30. The van der Waals surface area contributed by atoms with Gasteiger partial charge in [0.1, 0.15) is 18.0 Å². The molecule has 2 aromatic heterocycles. The van der Waals surface area contributed by atoms with Crippen molar-refractivity contribution in [1.82, 2.24) is 19.9 Å². The van der Waals surface area contributed by atoms with E-state index in [0.717, 1.165) is 31.7 Å². The summed E-state index contributed by atoms with van der Waals surface area (Å²) in [7, 11) is 0. The highest BCUT2D eigenvalue weighted by molar-refractivity contribution is 5.40. The minimum atomic E-state index is -0.457. The zero-order valence-electron chi connectivity index (χ0n) is 15.3. The fourth-order valence-electron chi connectivity index (χ4n) is 3.43. The molecule has 3 heterocycles. The van der Waals surface area contributed by atoms with E-state index in [0.29, 0.717) is 30.0 Å². The summed E-state index contributed by atoms with van der Waals surface area (Å²) in [6.45, 7) is 5.72. The molecule has 7 heteroatoms. The fraction of sp³-hybridized carbons (Fsp3) is 0.579. The predicted octanol–water partition coefficient (Wildman–Crippen LogP) is 3.20. The Morgan fingerprint density at radius 3 is 2.62 bits per heavy atom. The standard InChI is InChI=1S/C19H24FN5O/c1-12-18(20)19(24-13(2)23-12)26-10-14-5-7-25(8-6-14)17-9-16(15-3-4-15)21-11-22-17/h9,11,14-15H,3-8,10H2,1-2H3. The molecule has 2 fully saturated rings. The van der Waals surface area contributed by atoms with Crippen LogP contribution in [0.1, 0.15) is 48.8 Å². The van der Waals surface area contributed by atoms with E-state index in [1.807, 2.05) is 0 Å². The number of aryl methyl sites for hydroxylation is 2. The molecule has 2 aliphatic rings. The van der Waals surface area contributed by atoms with Crippen molar-refractivity contribution in [3.8, 4) is 5.88 Å². The molecule has 0 aromatic carbocycles. The van der Waals surface area contributed by atoms with Gasteiger partial charge in [0, 0.05) is 30.8 Å². The van der Waals surface area contributed by atoms with Crippen molar-refractivity contribution in [3.05, 3.63) is 35.4 Å². The minimum absolute atomic E-state index is 0.0716. The summed E-state index contributed by atoms with van der Waals surface area (Å²) in [4.78, 5) is 19.2. The normalized spacial score (nSPS) is 18.2. The number of piperidine rings is 1. The van der Waals surface area contributed by atoms with Crippen molar-refractivity contribution >= 4 is 5.82 Å². The van der Waals surface area contributed by atoms with Gasteiger partial charge in [0.05, 0.1) is 12.3 Å². The second-order valence-corrected chi connectivity index (χ2v) is 7.29. The topological polar surface area (TPSA) is 64.0 Å². The highest BCUT2D eigenvalue weighted by Crippen LogP contribution is 2.39. The smallest absolute Gasteiger partial charge is 0.254 e. The van der Waals surface area contributed by atoms with E-state index in [9.17, 15) is 4.39 Å². The Morgan fingerprint density at radius 2 is 1.88 bits per heavy atom. The lowest BCUT2D eigenvalue weighted by molar-refractivity contribution is 0.206. The van der Waals surface area contributed by atoms with E-state index in [4.69, 9.17) is 4.74 Å². The van der Waals surface area contributed by atoms with Gasteiger partial charge in [-0.3, -0.25) is 0 Å². The number of hydrogen-bond donors (Lipinski definition) is 0. The van der Waals surface area contributed by atoms with Gasteiger partial charge in [0.2, 0.25) is 5.82 Å². The first kappa shape index (κ1) is 17.1. The third-order valence-corrected chi connectivity index (χ3v) is 5.16. The van der Waals surface area contributed by atoms with Gasteiger partial charge in [0.25, 0.3) is 5.88 Å². The molecule has 26 heavy (non-hydrogen) atoms. The van der Waals surface area contributed by atoms with Crippen molar-refractivity contribution in [2.45, 2.75) is 45.4 Å². The van der Waals surface area contributed by atoms with Crippen LogP contribution in [0.25, 0.3) is 0 Å². The second kappa shape index (κ2) is 7.13. The van der Waals surface area contributed by atoms with E-state index in [1.54, 1.807) is 20.2 Å². The van der Waals surface area contributed by atoms with E-state index in [-0.39, 0.29) is 5.88 Å². The number of hydrogen-bond acceptors (Lipinski definition) is 6. The lowest BCUT2D eigenvalue weighted by Crippen LogP contribution is -2.36. The Bertz CT molecular complexity index is 787. The lowest BCUT2D eigenvalue weighted by Gasteiger charge is -2.32. The Hall–Kier alpha value is -2.31. The minimum Gasteiger partial charge on any atom is -0.475 e. The van der Waals surface area contributed by atoms with Crippen molar-refractivity contribution in [1.29, 1.82) is 0 Å². The summed E-state index contributed by atoms with van der Waals surface area (Å²) >= 11 is 0. The van der Waals surface area contributed by atoms with E-state index in [2.05, 4.69) is 30.9 Å². The number of halogens is 1. The molecule has 1 aliphatic carbocycles. The van der Waals surface area contributed by atoms with E-state index >= 15 is 0 Å². The molecule has 0 N–H and O–H groups in total. The van der Waals surface area contributed by atoms with Crippen LogP contribution in [-0.2, 0) is 0 Å². The molecule has 0 atom stereocenters. The van der Waals surface area contributed by atoms with Gasteiger partial charge in [0.15, 0.2) is 0 Å². The highest BCUT2D eigenvalue weighted by Gasteiger charge is 2.27. The Balaban J connectivity index is 1.32. The third kappa shape index (κ3) is 3.76. The summed E-state index contributed by atoms with van der Waals surface area (Å²) in [6.07, 6.45) is 6.16. The molecule has 2 aromatic rings. The zero-order chi connectivity index (χ0) is 18.1.